The van der Waals surface area contributed by atoms with Crippen molar-refractivity contribution in [2.24, 2.45) is 0 Å². The first kappa shape index (κ1) is 48.3. The Bertz CT molecular complexity index is 2170. The molecular formula is C54H57Cl3SiTi. The molecule has 1 aliphatic carbocycles. The summed E-state index contributed by atoms with van der Waals surface area (Å²) < 4.78 is 1.52. The minimum atomic E-state index is -2.97. The van der Waals surface area contributed by atoms with Gasteiger partial charge in [-0.15, -0.1) is 0 Å². The molecule has 0 nitrogen and oxygen atoms in total. The summed E-state index contributed by atoms with van der Waals surface area (Å²) in [6, 6.07) is 48.7. The third-order valence-corrected chi connectivity index (χ3v) is 20.9. The molecule has 6 aromatic carbocycles. The van der Waals surface area contributed by atoms with E-state index in [0.29, 0.717) is 0 Å². The Hall–Kier alpha value is -3.40. The van der Waals surface area contributed by atoms with Crippen LogP contribution in [-0.2, 0) is 39.7 Å². The van der Waals surface area contributed by atoms with Crippen molar-refractivity contribution in [3.05, 3.63) is 215 Å². The molecule has 0 saturated carbocycles. The Morgan fingerprint density at radius 1 is 0.407 bits per heavy atom. The molecule has 302 valence electrons. The van der Waals surface area contributed by atoms with E-state index in [0.717, 1.165) is 19.3 Å². The zero-order valence-corrected chi connectivity index (χ0v) is 41.2. The number of benzene rings is 6. The molecule has 0 bridgehead atoms. The largest absolute Gasteiger partial charge is 1.00 e. The Labute approximate surface area is 386 Å². The second-order valence-electron chi connectivity index (χ2n) is 16.9. The standard InChI is InChI=1S/C54H57Si.3ClH.Ti/c1-36-26-48(27-37(2)51(36)32-45-20-14-11-15-21-45)55(54(10)35-42(7)43(8)44(54)9,49-28-38(3)52(39(4)29-49)33-46-22-16-12-17-23-46)50-30-40(5)53(41(6)31-50)34-47-24-18-13-19-25-47;;;;/h11-31H,32-34H2,1-10H3;3*1H;/q;;;;+3/p-3. The van der Waals surface area contributed by atoms with Gasteiger partial charge in [0.25, 0.3) is 0 Å². The number of hydrogen-bond donors (Lipinski definition) is 0. The summed E-state index contributed by atoms with van der Waals surface area (Å²) >= 11 is 2.45. The fraction of sp³-hybridized carbons (Fsp3) is 0.259. The van der Waals surface area contributed by atoms with E-state index in [-0.39, 0.29) is 42.3 Å². The third-order valence-electron chi connectivity index (χ3n) is 13.6. The predicted molar refractivity (Wildman–Crippen MR) is 240 cm³/mol. The summed E-state index contributed by atoms with van der Waals surface area (Å²) in [7, 11) is -2.97. The van der Waals surface area contributed by atoms with Gasteiger partial charge < -0.3 is 37.2 Å². The van der Waals surface area contributed by atoms with Gasteiger partial charge in [0, 0.05) is 0 Å². The number of rotatable bonds is 10. The van der Waals surface area contributed by atoms with Gasteiger partial charge in [-0.25, -0.2) is 0 Å². The van der Waals surface area contributed by atoms with E-state index >= 15 is 0 Å². The number of allylic oxidation sites excluding steroid dienone is 4. The molecule has 0 heterocycles. The first-order valence-electron chi connectivity index (χ1n) is 20.3. The van der Waals surface area contributed by atoms with Gasteiger partial charge in [0.05, 0.1) is 0 Å². The molecule has 0 amide bonds. The average Bonchev–Trinajstić information content (AvgIpc) is 3.33. The predicted octanol–water partition coefficient (Wildman–Crippen LogP) is 2.72. The Morgan fingerprint density at radius 3 is 0.881 bits per heavy atom. The molecule has 59 heavy (non-hydrogen) atoms. The molecule has 1 unspecified atom stereocenters. The topological polar surface area (TPSA) is 0 Å². The summed E-state index contributed by atoms with van der Waals surface area (Å²) in [5, 5.41) is 4.34. The van der Waals surface area contributed by atoms with Gasteiger partial charge in [0.2, 0.25) is 0 Å². The van der Waals surface area contributed by atoms with Crippen molar-refractivity contribution in [2.45, 2.75) is 93.5 Å². The maximum Gasteiger partial charge on any atom is -1.00 e. The normalized spacial score (nSPS) is 15.1. The van der Waals surface area contributed by atoms with Crippen molar-refractivity contribution in [1.29, 1.82) is 0 Å². The minimum Gasteiger partial charge on any atom is -1.00 e. The van der Waals surface area contributed by atoms with E-state index in [1.54, 1.807) is 0 Å². The van der Waals surface area contributed by atoms with Crippen LogP contribution in [0.4, 0.5) is 0 Å². The SMILES string of the molecule is CC1=C(C)C(C)([Si](c2cc(C)c(Cc3ccccc3)c(C)c2)(c2cc(C)c(Cc3ccccc3)c(C)c2)c2cc(C)c(Cc3ccccc3)c(C)c2)[C]([Ti+3])=C1C.[Cl-].[Cl-].[Cl-]. The van der Waals surface area contributed by atoms with E-state index in [1.807, 2.05) is 0 Å². The maximum atomic E-state index is 2.62. The van der Waals surface area contributed by atoms with Crippen LogP contribution in [0.5, 0.6) is 0 Å². The zero-order chi connectivity index (χ0) is 39.9. The number of aryl methyl sites for hydroxylation is 6. The minimum absolute atomic E-state index is 0. The van der Waals surface area contributed by atoms with Crippen molar-refractivity contribution in [3.8, 4) is 0 Å². The van der Waals surface area contributed by atoms with Crippen LogP contribution in [0, 0.1) is 41.5 Å². The summed E-state index contributed by atoms with van der Waals surface area (Å²) in [6.45, 7) is 24.0. The van der Waals surface area contributed by atoms with Crippen LogP contribution in [0.15, 0.2) is 148 Å². The van der Waals surface area contributed by atoms with Gasteiger partial charge in [0.15, 0.2) is 0 Å². The summed E-state index contributed by atoms with van der Waals surface area (Å²) in [5.74, 6) is 0. The Kier molecular flexibility index (Phi) is 16.0. The van der Waals surface area contributed by atoms with Crippen molar-refractivity contribution < 1.29 is 57.7 Å². The van der Waals surface area contributed by atoms with Crippen LogP contribution in [0.2, 0.25) is 5.04 Å². The van der Waals surface area contributed by atoms with Crippen molar-refractivity contribution >= 4 is 23.6 Å². The van der Waals surface area contributed by atoms with Crippen LogP contribution in [0.3, 0.4) is 0 Å². The molecular weight excluding hydrogens is 831 g/mol. The van der Waals surface area contributed by atoms with Crippen LogP contribution >= 0.6 is 0 Å². The fourth-order valence-corrected chi connectivity index (χ4v) is 18.2. The first-order valence-corrected chi connectivity index (χ1v) is 23.1. The van der Waals surface area contributed by atoms with Gasteiger partial charge in [-0.1, -0.05) is 0 Å². The summed E-state index contributed by atoms with van der Waals surface area (Å²) in [6.07, 6.45) is 2.83. The van der Waals surface area contributed by atoms with E-state index < -0.39 is 8.07 Å². The van der Waals surface area contributed by atoms with Crippen LogP contribution in [0.1, 0.15) is 94.5 Å². The molecule has 1 aliphatic rings. The molecule has 0 fully saturated rings. The average molecular weight is 888 g/mol. The molecule has 6 aromatic rings. The van der Waals surface area contributed by atoms with E-state index in [1.165, 1.54) is 103 Å². The molecule has 0 radical (unpaired) electrons. The van der Waals surface area contributed by atoms with E-state index in [9.17, 15) is 0 Å². The molecule has 0 saturated heterocycles. The maximum absolute atomic E-state index is 2.97. The van der Waals surface area contributed by atoms with E-state index in [2.05, 4.69) is 217 Å². The quantitative estimate of drug-likeness (QED) is 0.147. The third kappa shape index (κ3) is 8.72. The number of hydrogen-bond acceptors (Lipinski definition) is 0. The summed E-state index contributed by atoms with van der Waals surface area (Å²) in [4.78, 5) is 0. The van der Waals surface area contributed by atoms with E-state index in [4.69, 9.17) is 0 Å². The Balaban J connectivity index is 0.00000256. The smallest absolute Gasteiger partial charge is 1.00 e. The fourth-order valence-electron chi connectivity index (χ4n) is 10.1. The second kappa shape index (κ2) is 19.5. The van der Waals surface area contributed by atoms with Crippen LogP contribution in [-0.4, -0.2) is 8.07 Å². The molecule has 0 aromatic heterocycles. The molecule has 5 heteroatoms. The van der Waals surface area contributed by atoms with Crippen molar-refractivity contribution in [2.75, 3.05) is 0 Å². The van der Waals surface area contributed by atoms with Gasteiger partial charge in [0.1, 0.15) is 0 Å². The van der Waals surface area contributed by atoms with Gasteiger partial charge in [-0.2, -0.15) is 0 Å². The summed E-state index contributed by atoms with van der Waals surface area (Å²) in [5.41, 5.74) is 21.2. The van der Waals surface area contributed by atoms with Crippen LogP contribution in [0.25, 0.3) is 0 Å². The van der Waals surface area contributed by atoms with Gasteiger partial charge >= 0.3 is 352 Å². The zero-order valence-electron chi connectivity index (χ0n) is 36.4. The van der Waals surface area contributed by atoms with Crippen molar-refractivity contribution in [1.82, 2.24) is 0 Å². The van der Waals surface area contributed by atoms with Gasteiger partial charge in [-0.05, 0) is 0 Å². The second-order valence-corrected chi connectivity index (χ2v) is 21.9. The molecule has 1 atom stereocenters. The first-order chi connectivity index (χ1) is 26.8. The monoisotopic (exact) mass is 886 g/mol. The number of halogens is 3. The van der Waals surface area contributed by atoms with Gasteiger partial charge in [-0.3, -0.25) is 0 Å². The van der Waals surface area contributed by atoms with Crippen molar-refractivity contribution in [3.63, 3.8) is 0 Å². The Morgan fingerprint density at radius 2 is 0.661 bits per heavy atom. The molecule has 7 rings (SSSR count). The van der Waals surface area contributed by atoms with Crippen LogP contribution < -0.4 is 52.8 Å². The molecule has 0 N–H and O–H groups in total. The molecule has 0 aliphatic heterocycles. The molecule has 0 spiro atoms.